The first-order valence-corrected chi connectivity index (χ1v) is 6.24. The molecule has 0 unspecified atom stereocenters. The van der Waals surface area contributed by atoms with Crippen molar-refractivity contribution in [1.82, 2.24) is 10.3 Å². The number of aromatic amines is 1. The second-order valence-corrected chi connectivity index (χ2v) is 5.46. The zero-order valence-electron chi connectivity index (χ0n) is 10.0. The van der Waals surface area contributed by atoms with Gasteiger partial charge in [0.1, 0.15) is 0 Å². The molecule has 0 aliphatic rings. The number of fused-ring (bicyclic) bond motifs is 1. The lowest BCUT2D eigenvalue weighted by molar-refractivity contribution is 0.259. The topological polar surface area (TPSA) is 75.1 Å². The summed E-state index contributed by atoms with van der Waals surface area (Å²) in [6.07, 6.45) is 0. The summed E-state index contributed by atoms with van der Waals surface area (Å²) >= 11 is 2.83. The summed E-state index contributed by atoms with van der Waals surface area (Å²) in [4.78, 5) is 24.3. The standard InChI is InChI=1S/C12H13BrN2O3/c1-12(2,6-14-10(13)16)7-3-4-8-9(5-7)18-11(17)15-8/h3-5H,6H2,1-2H3,(H,14,16)(H,15,17). The van der Waals surface area contributed by atoms with Gasteiger partial charge in [-0.15, -0.1) is 0 Å². The van der Waals surface area contributed by atoms with Crippen LogP contribution in [0.3, 0.4) is 0 Å². The van der Waals surface area contributed by atoms with Crippen LogP contribution in [-0.2, 0) is 5.41 Å². The first-order chi connectivity index (χ1) is 8.38. The molecule has 96 valence electrons. The van der Waals surface area contributed by atoms with E-state index in [1.54, 1.807) is 6.07 Å². The SMILES string of the molecule is CC(C)(CNC(=O)Br)c1ccc2[nH]c(=O)oc2c1. The normalized spacial score (nSPS) is 11.7. The van der Waals surface area contributed by atoms with E-state index in [-0.39, 0.29) is 10.2 Å². The number of hydrogen-bond donors (Lipinski definition) is 2. The molecule has 6 heteroatoms. The fourth-order valence-corrected chi connectivity index (χ4v) is 1.90. The molecule has 0 bridgehead atoms. The van der Waals surface area contributed by atoms with Crippen LogP contribution in [0.15, 0.2) is 27.4 Å². The number of amides is 1. The number of aromatic nitrogens is 1. The van der Waals surface area contributed by atoms with Gasteiger partial charge in [-0.2, -0.15) is 0 Å². The van der Waals surface area contributed by atoms with Crippen LogP contribution in [-0.4, -0.2) is 16.3 Å². The Labute approximate surface area is 112 Å². The van der Waals surface area contributed by atoms with E-state index >= 15 is 0 Å². The number of benzene rings is 1. The Bertz CT molecular complexity index is 642. The van der Waals surface area contributed by atoms with Gasteiger partial charge in [-0.1, -0.05) is 19.9 Å². The van der Waals surface area contributed by atoms with Gasteiger partial charge in [-0.05, 0) is 17.7 Å². The van der Waals surface area contributed by atoms with E-state index in [1.165, 1.54) is 0 Å². The summed E-state index contributed by atoms with van der Waals surface area (Å²) in [5, 5.41) is 2.72. The molecule has 18 heavy (non-hydrogen) atoms. The summed E-state index contributed by atoms with van der Waals surface area (Å²) in [5.74, 6) is -0.464. The lowest BCUT2D eigenvalue weighted by Gasteiger charge is -2.24. The van der Waals surface area contributed by atoms with Crippen LogP contribution in [0.25, 0.3) is 11.1 Å². The number of oxazole rings is 1. The van der Waals surface area contributed by atoms with Gasteiger partial charge in [0.25, 0.3) is 4.82 Å². The number of carbonyl (C=O) groups is 1. The molecule has 0 saturated heterocycles. The van der Waals surface area contributed by atoms with Crippen molar-refractivity contribution in [3.63, 3.8) is 0 Å². The van der Waals surface area contributed by atoms with Crippen molar-refractivity contribution in [3.8, 4) is 0 Å². The lowest BCUT2D eigenvalue weighted by Crippen LogP contribution is -2.34. The fraction of sp³-hybridized carbons (Fsp3) is 0.333. The summed E-state index contributed by atoms with van der Waals surface area (Å²) in [5.41, 5.74) is 1.92. The predicted molar refractivity (Wildman–Crippen MR) is 72.2 cm³/mol. The number of rotatable bonds is 3. The Morgan fingerprint density at radius 2 is 2.22 bits per heavy atom. The zero-order valence-corrected chi connectivity index (χ0v) is 11.6. The minimum atomic E-state index is -0.464. The van der Waals surface area contributed by atoms with E-state index in [0.717, 1.165) is 5.56 Å². The van der Waals surface area contributed by atoms with Crippen LogP contribution in [0.2, 0.25) is 0 Å². The van der Waals surface area contributed by atoms with Crippen molar-refractivity contribution in [3.05, 3.63) is 34.3 Å². The summed E-state index contributed by atoms with van der Waals surface area (Å²) in [6, 6.07) is 5.52. The maximum Gasteiger partial charge on any atom is 0.417 e. The molecule has 1 amide bonds. The van der Waals surface area contributed by atoms with Crippen molar-refractivity contribution in [2.75, 3.05) is 6.54 Å². The zero-order chi connectivity index (χ0) is 13.3. The highest BCUT2D eigenvalue weighted by atomic mass is 79.9. The molecule has 0 spiro atoms. The first kappa shape index (κ1) is 12.9. The van der Waals surface area contributed by atoms with Gasteiger partial charge >= 0.3 is 5.76 Å². The highest BCUT2D eigenvalue weighted by molar-refractivity contribution is 9.18. The molecular weight excluding hydrogens is 300 g/mol. The maximum absolute atomic E-state index is 11.1. The summed E-state index contributed by atoms with van der Waals surface area (Å²) in [7, 11) is 0. The van der Waals surface area contributed by atoms with Gasteiger partial charge < -0.3 is 9.73 Å². The Morgan fingerprint density at radius 1 is 1.50 bits per heavy atom. The molecule has 1 heterocycles. The largest absolute Gasteiger partial charge is 0.417 e. The molecule has 1 aromatic carbocycles. The van der Waals surface area contributed by atoms with E-state index in [2.05, 4.69) is 26.2 Å². The molecule has 1 aromatic heterocycles. The van der Waals surface area contributed by atoms with Gasteiger partial charge in [-0.3, -0.25) is 9.78 Å². The molecule has 2 rings (SSSR count). The van der Waals surface area contributed by atoms with Crippen molar-refractivity contribution < 1.29 is 9.21 Å². The average molecular weight is 313 g/mol. The monoisotopic (exact) mass is 312 g/mol. The van der Waals surface area contributed by atoms with Crippen LogP contribution in [0, 0.1) is 0 Å². The number of H-pyrrole nitrogens is 1. The quantitative estimate of drug-likeness (QED) is 0.675. The van der Waals surface area contributed by atoms with E-state index in [1.807, 2.05) is 26.0 Å². The minimum absolute atomic E-state index is 0.246. The smallest absolute Gasteiger partial charge is 0.408 e. The van der Waals surface area contributed by atoms with Crippen LogP contribution in [0.1, 0.15) is 19.4 Å². The fourth-order valence-electron chi connectivity index (χ4n) is 1.76. The molecule has 0 fully saturated rings. The van der Waals surface area contributed by atoms with Crippen LogP contribution in [0.4, 0.5) is 4.79 Å². The van der Waals surface area contributed by atoms with Crippen molar-refractivity contribution in [2.24, 2.45) is 0 Å². The van der Waals surface area contributed by atoms with E-state index in [4.69, 9.17) is 4.42 Å². The molecular formula is C12H13BrN2O3. The Kier molecular flexibility index (Phi) is 3.30. The highest BCUT2D eigenvalue weighted by Gasteiger charge is 2.22. The van der Waals surface area contributed by atoms with E-state index < -0.39 is 5.76 Å². The van der Waals surface area contributed by atoms with Crippen LogP contribution >= 0.6 is 15.9 Å². The van der Waals surface area contributed by atoms with Crippen molar-refractivity contribution in [1.29, 1.82) is 0 Å². The second kappa shape index (κ2) is 4.61. The van der Waals surface area contributed by atoms with Gasteiger partial charge in [-0.25, -0.2) is 4.79 Å². The van der Waals surface area contributed by atoms with Gasteiger partial charge in [0, 0.05) is 27.9 Å². The molecule has 0 aliphatic carbocycles. The third kappa shape index (κ3) is 2.64. The van der Waals surface area contributed by atoms with Crippen LogP contribution < -0.4 is 11.1 Å². The third-order valence-electron chi connectivity index (χ3n) is 2.87. The number of nitrogens with one attached hydrogen (secondary N) is 2. The van der Waals surface area contributed by atoms with Crippen LogP contribution in [0.5, 0.6) is 0 Å². The minimum Gasteiger partial charge on any atom is -0.408 e. The maximum atomic E-state index is 11.1. The van der Waals surface area contributed by atoms with E-state index in [0.29, 0.717) is 17.6 Å². The Balaban J connectivity index is 2.34. The number of halogens is 1. The second-order valence-electron chi connectivity index (χ2n) is 4.74. The molecule has 0 atom stereocenters. The molecule has 5 nitrogen and oxygen atoms in total. The Morgan fingerprint density at radius 3 is 2.89 bits per heavy atom. The molecule has 0 saturated carbocycles. The van der Waals surface area contributed by atoms with Gasteiger partial charge in [0.15, 0.2) is 5.58 Å². The first-order valence-electron chi connectivity index (χ1n) is 5.45. The number of hydrogen-bond acceptors (Lipinski definition) is 3. The van der Waals surface area contributed by atoms with Gasteiger partial charge in [0.2, 0.25) is 0 Å². The highest BCUT2D eigenvalue weighted by Crippen LogP contribution is 2.25. The van der Waals surface area contributed by atoms with Gasteiger partial charge in [0.05, 0.1) is 5.52 Å². The third-order valence-corrected chi connectivity index (χ3v) is 3.15. The molecule has 2 N–H and O–H groups in total. The predicted octanol–water partition coefficient (Wildman–Crippen LogP) is 2.50. The van der Waals surface area contributed by atoms with E-state index in [9.17, 15) is 9.59 Å². The summed E-state index contributed by atoms with van der Waals surface area (Å²) < 4.78 is 5.02. The average Bonchev–Trinajstić information content (AvgIpc) is 2.65. The molecule has 2 aromatic rings. The number of carbonyl (C=O) groups excluding carboxylic acids is 1. The molecule has 0 radical (unpaired) electrons. The molecule has 0 aliphatic heterocycles. The summed E-state index contributed by atoms with van der Waals surface area (Å²) in [6.45, 7) is 4.49. The van der Waals surface area contributed by atoms with Crippen molar-refractivity contribution in [2.45, 2.75) is 19.3 Å². The Hall–Kier alpha value is -1.56. The van der Waals surface area contributed by atoms with Crippen molar-refractivity contribution >= 4 is 31.8 Å². The lowest BCUT2D eigenvalue weighted by atomic mass is 9.84.